The van der Waals surface area contributed by atoms with Crippen molar-refractivity contribution in [3.63, 3.8) is 0 Å². The number of hydrogen-bond donors (Lipinski definition) is 1. The second-order valence-electron chi connectivity index (χ2n) is 7.24. The molecule has 2 aromatic carbocycles. The van der Waals surface area contributed by atoms with E-state index in [2.05, 4.69) is 5.32 Å². The molecule has 0 unspecified atom stereocenters. The van der Waals surface area contributed by atoms with Gasteiger partial charge in [-0.05, 0) is 24.1 Å². The number of para-hydroxylation sites is 1. The summed E-state index contributed by atoms with van der Waals surface area (Å²) < 4.78 is 0. The van der Waals surface area contributed by atoms with Crippen molar-refractivity contribution in [1.29, 1.82) is 0 Å². The summed E-state index contributed by atoms with van der Waals surface area (Å²) in [7, 11) is 0. The second-order valence-corrected chi connectivity index (χ2v) is 8.31. The van der Waals surface area contributed by atoms with E-state index in [1.165, 1.54) is 16.7 Å². The normalized spacial score (nSPS) is 32.5. The summed E-state index contributed by atoms with van der Waals surface area (Å²) in [4.78, 5) is 40.9. The zero-order valence-electron chi connectivity index (χ0n) is 14.5. The van der Waals surface area contributed by atoms with Gasteiger partial charge in [0.2, 0.25) is 16.9 Å². The average Bonchev–Trinajstić information content (AvgIpc) is 3.32. The van der Waals surface area contributed by atoms with Crippen molar-refractivity contribution in [2.45, 2.75) is 18.0 Å². The first-order chi connectivity index (χ1) is 13.1. The Hall–Kier alpha value is -2.44. The van der Waals surface area contributed by atoms with E-state index in [-0.39, 0.29) is 23.0 Å². The van der Waals surface area contributed by atoms with Crippen molar-refractivity contribution < 1.29 is 14.4 Å². The number of thioether (sulfide) groups is 1. The molecule has 4 atom stereocenters. The first-order valence-electron chi connectivity index (χ1n) is 9.06. The Labute approximate surface area is 161 Å². The highest BCUT2D eigenvalue weighted by molar-refractivity contribution is 8.14. The number of imide groups is 1. The second kappa shape index (κ2) is 6.04. The lowest BCUT2D eigenvalue weighted by Gasteiger charge is -2.28. The van der Waals surface area contributed by atoms with Gasteiger partial charge in [0.1, 0.15) is 5.54 Å². The van der Waals surface area contributed by atoms with Crippen molar-refractivity contribution >= 4 is 34.4 Å². The lowest BCUT2D eigenvalue weighted by molar-refractivity contribution is -0.127. The lowest BCUT2D eigenvalue weighted by Crippen LogP contribution is -2.52. The van der Waals surface area contributed by atoms with Crippen LogP contribution in [0.3, 0.4) is 0 Å². The maximum Gasteiger partial charge on any atom is 0.240 e. The molecule has 27 heavy (non-hydrogen) atoms. The van der Waals surface area contributed by atoms with Gasteiger partial charge in [-0.1, -0.05) is 60.3 Å². The molecule has 3 saturated heterocycles. The van der Waals surface area contributed by atoms with Crippen molar-refractivity contribution in [2.24, 2.45) is 11.8 Å². The number of fused-ring (bicyclic) bond motifs is 2. The fraction of sp³-hybridized carbons (Fsp3) is 0.286. The molecular weight excluding hydrogens is 360 g/mol. The highest BCUT2D eigenvalue weighted by Gasteiger charge is 2.69. The number of hydrogen-bond acceptors (Lipinski definition) is 5. The Bertz CT molecular complexity index is 933. The lowest BCUT2D eigenvalue weighted by atomic mass is 9.79. The highest BCUT2D eigenvalue weighted by atomic mass is 32.2. The van der Waals surface area contributed by atoms with E-state index >= 15 is 0 Å². The summed E-state index contributed by atoms with van der Waals surface area (Å²) in [6, 6.07) is 18.3. The van der Waals surface area contributed by atoms with E-state index in [1.807, 2.05) is 48.5 Å². The largest absolute Gasteiger partial charge is 0.296 e. The van der Waals surface area contributed by atoms with Gasteiger partial charge < -0.3 is 0 Å². The van der Waals surface area contributed by atoms with Crippen LogP contribution in [0.2, 0.25) is 0 Å². The molecule has 5 rings (SSSR count). The quantitative estimate of drug-likeness (QED) is 0.814. The van der Waals surface area contributed by atoms with Crippen LogP contribution in [-0.2, 0) is 14.4 Å². The third kappa shape index (κ3) is 2.26. The van der Waals surface area contributed by atoms with E-state index in [4.69, 9.17) is 0 Å². The molecule has 1 N–H and O–H groups in total. The molecule has 136 valence electrons. The van der Waals surface area contributed by atoms with E-state index in [9.17, 15) is 14.4 Å². The highest BCUT2D eigenvalue weighted by Crippen LogP contribution is 2.54. The van der Waals surface area contributed by atoms with Gasteiger partial charge in [0.25, 0.3) is 0 Å². The van der Waals surface area contributed by atoms with Crippen LogP contribution in [0.15, 0.2) is 60.7 Å². The van der Waals surface area contributed by atoms with Crippen LogP contribution in [0.25, 0.3) is 0 Å². The summed E-state index contributed by atoms with van der Waals surface area (Å²) in [6.07, 6.45) is 0.572. The molecule has 2 aromatic rings. The number of amides is 2. The Balaban J connectivity index is 1.64. The minimum Gasteiger partial charge on any atom is -0.296 e. The average molecular weight is 378 g/mol. The monoisotopic (exact) mass is 378 g/mol. The summed E-state index contributed by atoms with van der Waals surface area (Å²) in [6.45, 7) is 0. The van der Waals surface area contributed by atoms with Gasteiger partial charge in [-0.3, -0.25) is 19.7 Å². The molecule has 0 saturated carbocycles. The Morgan fingerprint density at radius 1 is 0.926 bits per heavy atom. The third-order valence-corrected chi connectivity index (χ3v) is 6.96. The maximum atomic E-state index is 13.4. The Kier molecular flexibility index (Phi) is 3.74. The molecule has 0 radical (unpaired) electrons. The standard InChI is InChI=1S/C21H18N2O3S/c24-18-15-16(19(25)23(18)14-9-5-2-6-10-14)21(11-12-27-20(21)26)22-17(15)13-7-3-1-4-8-13/h1-10,15-17,22H,11-12H2/t15-,16-,17-,21-/m0/s1. The van der Waals surface area contributed by atoms with Crippen LogP contribution < -0.4 is 10.2 Å². The number of benzene rings is 2. The SMILES string of the molecule is O=C1[C@H]2[C@@H](C(=O)N1c1ccccc1)[C@]1(CCSC1=O)N[C@H]2c1ccccc1. The number of nitrogens with one attached hydrogen (secondary N) is 1. The Morgan fingerprint density at radius 3 is 2.22 bits per heavy atom. The van der Waals surface area contributed by atoms with Gasteiger partial charge in [0.15, 0.2) is 0 Å². The predicted molar refractivity (Wildman–Crippen MR) is 103 cm³/mol. The van der Waals surface area contributed by atoms with Crippen LogP contribution in [0.1, 0.15) is 18.0 Å². The van der Waals surface area contributed by atoms with Gasteiger partial charge in [0, 0.05) is 11.8 Å². The van der Waals surface area contributed by atoms with Gasteiger partial charge >= 0.3 is 0 Å². The molecular formula is C21H18N2O3S. The van der Waals surface area contributed by atoms with Gasteiger partial charge in [-0.15, -0.1) is 0 Å². The maximum absolute atomic E-state index is 13.4. The number of carbonyl (C=O) groups excluding carboxylic acids is 3. The summed E-state index contributed by atoms with van der Waals surface area (Å²) in [5, 5.41) is 3.41. The van der Waals surface area contributed by atoms with E-state index in [0.29, 0.717) is 17.9 Å². The molecule has 5 nitrogen and oxygen atoms in total. The minimum absolute atomic E-state index is 0.0213. The van der Waals surface area contributed by atoms with Crippen molar-refractivity contribution in [1.82, 2.24) is 5.32 Å². The third-order valence-electron chi connectivity index (χ3n) is 5.92. The summed E-state index contributed by atoms with van der Waals surface area (Å²) >= 11 is 1.26. The van der Waals surface area contributed by atoms with Crippen LogP contribution in [0.4, 0.5) is 5.69 Å². The van der Waals surface area contributed by atoms with E-state index in [0.717, 1.165) is 5.56 Å². The van der Waals surface area contributed by atoms with Crippen LogP contribution in [0.5, 0.6) is 0 Å². The van der Waals surface area contributed by atoms with E-state index < -0.39 is 17.4 Å². The fourth-order valence-corrected chi connectivity index (χ4v) is 5.89. The number of rotatable bonds is 2. The zero-order valence-corrected chi connectivity index (χ0v) is 15.3. The molecule has 0 bridgehead atoms. The zero-order chi connectivity index (χ0) is 18.6. The molecule has 3 fully saturated rings. The summed E-state index contributed by atoms with van der Waals surface area (Å²) in [5.41, 5.74) is 0.554. The molecule has 2 amide bonds. The first-order valence-corrected chi connectivity index (χ1v) is 10.0. The molecule has 3 aliphatic heterocycles. The molecule has 0 aromatic heterocycles. The van der Waals surface area contributed by atoms with Crippen LogP contribution in [0, 0.1) is 11.8 Å². The van der Waals surface area contributed by atoms with Gasteiger partial charge in [-0.25, -0.2) is 4.90 Å². The first kappa shape index (κ1) is 16.7. The van der Waals surface area contributed by atoms with Crippen molar-refractivity contribution in [3.05, 3.63) is 66.2 Å². The molecule has 3 aliphatic rings. The van der Waals surface area contributed by atoms with Crippen LogP contribution >= 0.6 is 11.8 Å². The number of carbonyl (C=O) groups is 3. The van der Waals surface area contributed by atoms with Crippen molar-refractivity contribution in [2.75, 3.05) is 10.7 Å². The minimum atomic E-state index is -0.952. The van der Waals surface area contributed by atoms with Gasteiger partial charge in [0.05, 0.1) is 17.5 Å². The fourth-order valence-electron chi connectivity index (χ4n) is 4.73. The van der Waals surface area contributed by atoms with E-state index in [1.54, 1.807) is 12.1 Å². The number of anilines is 1. The molecule has 3 heterocycles. The topological polar surface area (TPSA) is 66.5 Å². The molecule has 1 spiro atoms. The van der Waals surface area contributed by atoms with Crippen molar-refractivity contribution in [3.8, 4) is 0 Å². The van der Waals surface area contributed by atoms with Crippen LogP contribution in [-0.4, -0.2) is 28.2 Å². The number of nitrogens with zero attached hydrogens (tertiary/aromatic N) is 1. The smallest absolute Gasteiger partial charge is 0.240 e. The Morgan fingerprint density at radius 2 is 1.59 bits per heavy atom. The predicted octanol–water partition coefficient (Wildman–Crippen LogP) is 2.54. The molecule has 6 heteroatoms. The summed E-state index contributed by atoms with van der Waals surface area (Å²) in [5.74, 6) is -1.04. The molecule has 0 aliphatic carbocycles. The van der Waals surface area contributed by atoms with Gasteiger partial charge in [-0.2, -0.15) is 0 Å².